The highest BCUT2D eigenvalue weighted by atomic mass is 19.4. The fourth-order valence-electron chi connectivity index (χ4n) is 2.07. The maximum Gasteiger partial charge on any atom is 0.416 e. The van der Waals surface area contributed by atoms with Crippen LogP contribution in [0.1, 0.15) is 27.0 Å². The summed E-state index contributed by atoms with van der Waals surface area (Å²) in [5.74, 6) is -1.40. The van der Waals surface area contributed by atoms with Crippen LogP contribution in [-0.4, -0.2) is 18.5 Å². The Labute approximate surface area is 142 Å². The Hall–Kier alpha value is -2.83. The Morgan fingerprint density at radius 2 is 1.68 bits per heavy atom. The van der Waals surface area contributed by atoms with Crippen molar-refractivity contribution in [3.8, 4) is 0 Å². The first-order chi connectivity index (χ1) is 11.7. The van der Waals surface area contributed by atoms with Gasteiger partial charge in [0.1, 0.15) is 0 Å². The third-order valence-electron chi connectivity index (χ3n) is 3.45. The van der Waals surface area contributed by atoms with Gasteiger partial charge >= 0.3 is 12.1 Å². The van der Waals surface area contributed by atoms with Crippen LogP contribution in [0.4, 0.5) is 18.9 Å². The highest BCUT2D eigenvalue weighted by Gasteiger charge is 2.30. The van der Waals surface area contributed by atoms with E-state index in [1.54, 1.807) is 6.07 Å². The van der Waals surface area contributed by atoms with Crippen LogP contribution >= 0.6 is 0 Å². The van der Waals surface area contributed by atoms with E-state index in [-0.39, 0.29) is 5.56 Å². The van der Waals surface area contributed by atoms with Gasteiger partial charge in [-0.1, -0.05) is 12.1 Å². The molecule has 7 heteroatoms. The fraction of sp³-hybridized carbons (Fsp3) is 0.222. The summed E-state index contributed by atoms with van der Waals surface area (Å²) < 4.78 is 42.2. The molecule has 132 valence electrons. The number of anilines is 1. The van der Waals surface area contributed by atoms with Gasteiger partial charge in [0.2, 0.25) is 0 Å². The van der Waals surface area contributed by atoms with Crippen LogP contribution in [0, 0.1) is 13.8 Å². The number of alkyl halides is 3. The summed E-state index contributed by atoms with van der Waals surface area (Å²) in [5.41, 5.74) is 1.50. The minimum absolute atomic E-state index is 0.0625. The van der Waals surface area contributed by atoms with E-state index in [9.17, 15) is 22.8 Å². The normalized spacial score (nSPS) is 11.1. The predicted molar refractivity (Wildman–Crippen MR) is 86.3 cm³/mol. The number of benzene rings is 2. The molecule has 0 unspecified atom stereocenters. The summed E-state index contributed by atoms with van der Waals surface area (Å²) in [4.78, 5) is 23.7. The minimum atomic E-state index is -4.48. The highest BCUT2D eigenvalue weighted by molar-refractivity contribution is 5.96. The smallest absolute Gasteiger partial charge is 0.416 e. The van der Waals surface area contributed by atoms with E-state index in [0.717, 1.165) is 35.4 Å². The molecule has 0 aliphatic rings. The molecule has 0 saturated carbocycles. The maximum atomic E-state index is 12.5. The molecule has 0 atom stereocenters. The van der Waals surface area contributed by atoms with Crippen molar-refractivity contribution in [3.63, 3.8) is 0 Å². The summed E-state index contributed by atoms with van der Waals surface area (Å²) >= 11 is 0. The van der Waals surface area contributed by atoms with Crippen molar-refractivity contribution in [1.29, 1.82) is 0 Å². The molecule has 2 rings (SSSR count). The Morgan fingerprint density at radius 3 is 2.28 bits per heavy atom. The lowest BCUT2D eigenvalue weighted by Gasteiger charge is -2.10. The fourth-order valence-corrected chi connectivity index (χ4v) is 2.07. The second-order valence-electron chi connectivity index (χ2n) is 5.52. The number of aryl methyl sites for hydroxylation is 2. The molecule has 1 N–H and O–H groups in total. The molecular formula is C18H16F3NO3. The molecule has 25 heavy (non-hydrogen) atoms. The molecule has 0 aliphatic heterocycles. The minimum Gasteiger partial charge on any atom is -0.452 e. The van der Waals surface area contributed by atoms with Crippen LogP contribution in [0.2, 0.25) is 0 Å². The summed E-state index contributed by atoms with van der Waals surface area (Å²) in [5, 5.41) is 2.62. The van der Waals surface area contributed by atoms with E-state index >= 15 is 0 Å². The molecular weight excluding hydrogens is 335 g/mol. The van der Waals surface area contributed by atoms with E-state index in [4.69, 9.17) is 4.74 Å². The van der Waals surface area contributed by atoms with Gasteiger partial charge < -0.3 is 10.1 Å². The largest absolute Gasteiger partial charge is 0.452 e. The van der Waals surface area contributed by atoms with E-state index in [1.807, 2.05) is 26.0 Å². The van der Waals surface area contributed by atoms with Crippen LogP contribution in [0.5, 0.6) is 0 Å². The van der Waals surface area contributed by atoms with E-state index in [2.05, 4.69) is 5.32 Å². The van der Waals surface area contributed by atoms with Gasteiger partial charge in [-0.3, -0.25) is 4.79 Å². The molecule has 0 heterocycles. The zero-order valence-corrected chi connectivity index (χ0v) is 13.6. The molecule has 0 aliphatic carbocycles. The van der Waals surface area contributed by atoms with E-state index in [0.29, 0.717) is 5.69 Å². The molecule has 1 amide bonds. The highest BCUT2D eigenvalue weighted by Crippen LogP contribution is 2.29. The molecule has 0 spiro atoms. The van der Waals surface area contributed by atoms with Crippen molar-refractivity contribution < 1.29 is 27.5 Å². The van der Waals surface area contributed by atoms with E-state index < -0.39 is 30.2 Å². The van der Waals surface area contributed by atoms with E-state index in [1.165, 1.54) is 0 Å². The number of halogens is 3. The quantitative estimate of drug-likeness (QED) is 0.843. The predicted octanol–water partition coefficient (Wildman–Crippen LogP) is 4.12. The van der Waals surface area contributed by atoms with Crippen molar-refractivity contribution >= 4 is 17.6 Å². The topological polar surface area (TPSA) is 55.4 Å². The summed E-state index contributed by atoms with van der Waals surface area (Å²) in [6, 6.07) is 9.11. The molecule has 0 fully saturated rings. The number of nitrogens with one attached hydrogen (secondary N) is 1. The number of hydrogen-bond acceptors (Lipinski definition) is 3. The van der Waals surface area contributed by atoms with Gasteiger partial charge in [0.15, 0.2) is 6.61 Å². The summed E-state index contributed by atoms with van der Waals surface area (Å²) in [6.07, 6.45) is -4.48. The SMILES string of the molecule is Cc1ccc(C)c(NC(=O)COC(=O)c2ccc(C(F)(F)F)cc2)c1. The first kappa shape index (κ1) is 18.5. The molecule has 2 aromatic rings. The standard InChI is InChI=1S/C18H16F3NO3/c1-11-3-4-12(2)15(9-11)22-16(23)10-25-17(24)13-5-7-14(8-6-13)18(19,20)21/h3-9H,10H2,1-2H3,(H,22,23). The molecule has 0 radical (unpaired) electrons. The van der Waals surface area contributed by atoms with Crippen LogP contribution in [0.15, 0.2) is 42.5 Å². The Bertz CT molecular complexity index is 783. The van der Waals surface area contributed by atoms with Gasteiger partial charge in [0.25, 0.3) is 5.91 Å². The molecule has 0 aromatic heterocycles. The molecule has 0 bridgehead atoms. The number of ether oxygens (including phenoxy) is 1. The number of hydrogen-bond donors (Lipinski definition) is 1. The zero-order valence-electron chi connectivity index (χ0n) is 13.6. The van der Waals surface area contributed by atoms with Gasteiger partial charge in [0.05, 0.1) is 11.1 Å². The monoisotopic (exact) mass is 351 g/mol. The van der Waals surface area contributed by atoms with Gasteiger partial charge in [-0.25, -0.2) is 4.79 Å². The third-order valence-corrected chi connectivity index (χ3v) is 3.45. The number of amides is 1. The maximum absolute atomic E-state index is 12.5. The van der Waals surface area contributed by atoms with Crippen molar-refractivity contribution in [2.24, 2.45) is 0 Å². The Balaban J connectivity index is 1.93. The van der Waals surface area contributed by atoms with Gasteiger partial charge in [-0.2, -0.15) is 13.2 Å². The second-order valence-corrected chi connectivity index (χ2v) is 5.52. The lowest BCUT2D eigenvalue weighted by Crippen LogP contribution is -2.21. The molecule has 4 nitrogen and oxygen atoms in total. The van der Waals surface area contributed by atoms with Crippen molar-refractivity contribution in [2.45, 2.75) is 20.0 Å². The summed E-state index contributed by atoms with van der Waals surface area (Å²) in [6.45, 7) is 3.16. The van der Waals surface area contributed by atoms with Crippen LogP contribution in [-0.2, 0) is 15.7 Å². The van der Waals surface area contributed by atoms with Crippen molar-refractivity contribution in [3.05, 3.63) is 64.7 Å². The van der Waals surface area contributed by atoms with Crippen molar-refractivity contribution in [2.75, 3.05) is 11.9 Å². The number of esters is 1. The Kier molecular flexibility index (Phi) is 5.46. The van der Waals surface area contributed by atoms with Crippen molar-refractivity contribution in [1.82, 2.24) is 0 Å². The first-order valence-electron chi connectivity index (χ1n) is 7.38. The van der Waals surface area contributed by atoms with Gasteiger partial charge in [0, 0.05) is 5.69 Å². The number of carbonyl (C=O) groups is 2. The number of carbonyl (C=O) groups excluding carboxylic acids is 2. The number of rotatable bonds is 4. The first-order valence-corrected chi connectivity index (χ1v) is 7.38. The second kappa shape index (κ2) is 7.38. The Morgan fingerprint density at radius 1 is 1.04 bits per heavy atom. The third kappa shape index (κ3) is 5.07. The van der Waals surface area contributed by atoms with Crippen LogP contribution in [0.25, 0.3) is 0 Å². The van der Waals surface area contributed by atoms with Gasteiger partial charge in [-0.15, -0.1) is 0 Å². The summed E-state index contributed by atoms with van der Waals surface area (Å²) in [7, 11) is 0. The average molecular weight is 351 g/mol. The van der Waals surface area contributed by atoms with Crippen LogP contribution < -0.4 is 5.32 Å². The lowest BCUT2D eigenvalue weighted by molar-refractivity contribution is -0.137. The van der Waals surface area contributed by atoms with Crippen LogP contribution in [0.3, 0.4) is 0 Å². The lowest BCUT2D eigenvalue weighted by atomic mass is 10.1. The molecule has 0 saturated heterocycles. The molecule has 2 aromatic carbocycles. The average Bonchev–Trinajstić information content (AvgIpc) is 2.55. The zero-order chi connectivity index (χ0) is 18.6. The van der Waals surface area contributed by atoms with Gasteiger partial charge in [-0.05, 0) is 55.3 Å².